The molecule has 2 aromatic heterocycles. The van der Waals surface area contributed by atoms with Crippen molar-refractivity contribution >= 4 is 5.91 Å². The van der Waals surface area contributed by atoms with Crippen LogP contribution in [0.5, 0.6) is 0 Å². The first-order valence-electron chi connectivity index (χ1n) is 8.29. The van der Waals surface area contributed by atoms with Crippen LogP contribution < -0.4 is 5.32 Å². The average molecular weight is 357 g/mol. The van der Waals surface area contributed by atoms with Crippen LogP contribution in [0.2, 0.25) is 0 Å². The number of carbonyl (C=O) groups is 1. The number of hydrogen-bond acceptors (Lipinski definition) is 5. The van der Waals surface area contributed by atoms with Gasteiger partial charge in [-0.1, -0.05) is 31.1 Å². The number of benzene rings is 1. The fourth-order valence-electron chi connectivity index (χ4n) is 2.47. The van der Waals surface area contributed by atoms with E-state index in [9.17, 15) is 9.18 Å². The predicted molar refractivity (Wildman–Crippen MR) is 92.9 cm³/mol. The number of aromatic nitrogens is 4. The maximum Gasteiger partial charge on any atom is 0.270 e. The molecule has 0 radical (unpaired) electrons. The van der Waals surface area contributed by atoms with Crippen molar-refractivity contribution in [3.63, 3.8) is 0 Å². The summed E-state index contributed by atoms with van der Waals surface area (Å²) in [7, 11) is 1.72. The van der Waals surface area contributed by atoms with Gasteiger partial charge >= 0.3 is 0 Å². The lowest BCUT2D eigenvalue weighted by atomic mass is 10.1. The van der Waals surface area contributed by atoms with Crippen molar-refractivity contribution in [2.45, 2.75) is 32.7 Å². The number of nitrogens with zero attached hydrogens (tertiary/aromatic N) is 4. The summed E-state index contributed by atoms with van der Waals surface area (Å²) < 4.78 is 20.1. The van der Waals surface area contributed by atoms with Gasteiger partial charge in [-0.25, -0.2) is 4.39 Å². The summed E-state index contributed by atoms with van der Waals surface area (Å²) in [5.41, 5.74) is 1.80. The molecule has 1 unspecified atom stereocenters. The van der Waals surface area contributed by atoms with E-state index in [0.717, 1.165) is 5.69 Å². The smallest absolute Gasteiger partial charge is 0.270 e. The minimum atomic E-state index is -0.505. The SMILES string of the molecule is CC(C)c1cc(C(=O)NC(C)c2nc(-c3cccc(F)c3)no2)n(C)n1. The Morgan fingerprint density at radius 1 is 1.27 bits per heavy atom. The van der Waals surface area contributed by atoms with Crippen LogP contribution in [0.4, 0.5) is 4.39 Å². The van der Waals surface area contributed by atoms with Crippen molar-refractivity contribution in [2.24, 2.45) is 7.05 Å². The van der Waals surface area contributed by atoms with E-state index in [-0.39, 0.29) is 29.4 Å². The van der Waals surface area contributed by atoms with Crippen molar-refractivity contribution in [3.05, 3.63) is 53.4 Å². The highest BCUT2D eigenvalue weighted by atomic mass is 19.1. The van der Waals surface area contributed by atoms with Gasteiger partial charge in [-0.3, -0.25) is 9.48 Å². The third-order valence-electron chi connectivity index (χ3n) is 3.97. The summed E-state index contributed by atoms with van der Waals surface area (Å²) in [5.74, 6) is 0.0642. The molecule has 1 N–H and O–H groups in total. The van der Waals surface area contributed by atoms with Crippen molar-refractivity contribution in [1.82, 2.24) is 25.2 Å². The van der Waals surface area contributed by atoms with Crippen molar-refractivity contribution in [1.29, 1.82) is 0 Å². The Morgan fingerprint density at radius 3 is 2.69 bits per heavy atom. The van der Waals surface area contributed by atoms with E-state index in [1.165, 1.54) is 12.1 Å². The Bertz CT molecular complexity index is 931. The lowest BCUT2D eigenvalue weighted by molar-refractivity contribution is 0.0923. The molecule has 0 aliphatic heterocycles. The highest BCUT2D eigenvalue weighted by Gasteiger charge is 2.21. The molecule has 26 heavy (non-hydrogen) atoms. The van der Waals surface area contributed by atoms with Crippen LogP contribution in [-0.4, -0.2) is 25.8 Å². The minimum absolute atomic E-state index is 0.227. The fourth-order valence-corrected chi connectivity index (χ4v) is 2.47. The molecule has 0 saturated heterocycles. The van der Waals surface area contributed by atoms with Crippen LogP contribution >= 0.6 is 0 Å². The summed E-state index contributed by atoms with van der Waals surface area (Å²) >= 11 is 0. The lowest BCUT2D eigenvalue weighted by Crippen LogP contribution is -2.28. The van der Waals surface area contributed by atoms with Crippen LogP contribution in [0.15, 0.2) is 34.9 Å². The van der Waals surface area contributed by atoms with Crippen molar-refractivity contribution in [3.8, 4) is 11.4 Å². The van der Waals surface area contributed by atoms with Gasteiger partial charge in [-0.05, 0) is 31.0 Å². The van der Waals surface area contributed by atoms with E-state index in [1.54, 1.807) is 36.9 Å². The van der Waals surface area contributed by atoms with Crippen LogP contribution in [0.1, 0.15) is 54.8 Å². The van der Waals surface area contributed by atoms with Crippen molar-refractivity contribution in [2.75, 3.05) is 0 Å². The molecule has 0 saturated carbocycles. The standard InChI is InChI=1S/C18H20FN5O2/c1-10(2)14-9-15(24(4)22-14)17(25)20-11(3)18-21-16(23-26-18)12-6-5-7-13(19)8-12/h5-11H,1-4H3,(H,20,25). The van der Waals surface area contributed by atoms with Gasteiger partial charge < -0.3 is 9.84 Å². The van der Waals surface area contributed by atoms with Crippen LogP contribution in [0.25, 0.3) is 11.4 Å². The van der Waals surface area contributed by atoms with Gasteiger partial charge in [0.05, 0.1) is 5.69 Å². The predicted octanol–water partition coefficient (Wildman–Crippen LogP) is 3.22. The number of halogens is 1. The lowest BCUT2D eigenvalue weighted by Gasteiger charge is -2.09. The molecule has 0 aliphatic rings. The first kappa shape index (κ1) is 17.8. The molecule has 3 rings (SSSR count). The molecule has 1 atom stereocenters. The third-order valence-corrected chi connectivity index (χ3v) is 3.97. The van der Waals surface area contributed by atoms with Gasteiger partial charge in [-0.15, -0.1) is 0 Å². The van der Waals surface area contributed by atoms with Crippen LogP contribution in [0, 0.1) is 5.82 Å². The molecule has 0 aliphatic carbocycles. The molecule has 0 bridgehead atoms. The maximum atomic E-state index is 13.3. The molecule has 0 fully saturated rings. The Morgan fingerprint density at radius 2 is 2.04 bits per heavy atom. The minimum Gasteiger partial charge on any atom is -0.339 e. The number of amides is 1. The van der Waals surface area contributed by atoms with Crippen LogP contribution in [0.3, 0.4) is 0 Å². The van der Waals surface area contributed by atoms with Gasteiger partial charge in [0.1, 0.15) is 17.6 Å². The summed E-state index contributed by atoms with van der Waals surface area (Å²) in [6, 6.07) is 7.17. The van der Waals surface area contributed by atoms with Gasteiger partial charge in [0.15, 0.2) is 0 Å². The van der Waals surface area contributed by atoms with Gasteiger partial charge in [0, 0.05) is 12.6 Å². The zero-order valence-corrected chi connectivity index (χ0v) is 15.0. The second-order valence-corrected chi connectivity index (χ2v) is 6.39. The average Bonchev–Trinajstić information content (AvgIpc) is 3.21. The summed E-state index contributed by atoms with van der Waals surface area (Å²) in [4.78, 5) is 16.7. The van der Waals surface area contributed by atoms with E-state index in [2.05, 4.69) is 20.6 Å². The Labute approximate surface area is 150 Å². The normalized spacial score (nSPS) is 12.4. The zero-order valence-electron chi connectivity index (χ0n) is 15.0. The van der Waals surface area contributed by atoms with E-state index in [4.69, 9.17) is 4.52 Å². The second kappa shape index (κ2) is 7.07. The van der Waals surface area contributed by atoms with E-state index in [1.807, 2.05) is 13.8 Å². The monoisotopic (exact) mass is 357 g/mol. The third kappa shape index (κ3) is 3.63. The molecule has 136 valence electrons. The molecular weight excluding hydrogens is 337 g/mol. The molecule has 8 heteroatoms. The second-order valence-electron chi connectivity index (χ2n) is 6.39. The number of hydrogen-bond donors (Lipinski definition) is 1. The topological polar surface area (TPSA) is 85.8 Å². The largest absolute Gasteiger partial charge is 0.339 e. The number of carbonyl (C=O) groups excluding carboxylic acids is 1. The maximum absolute atomic E-state index is 13.3. The molecular formula is C18H20FN5O2. The number of aryl methyl sites for hydroxylation is 1. The molecule has 2 heterocycles. The van der Waals surface area contributed by atoms with E-state index < -0.39 is 6.04 Å². The molecule has 1 aromatic carbocycles. The Balaban J connectivity index is 1.74. The number of nitrogens with one attached hydrogen (secondary N) is 1. The van der Waals surface area contributed by atoms with E-state index in [0.29, 0.717) is 11.3 Å². The first-order valence-corrected chi connectivity index (χ1v) is 8.29. The quantitative estimate of drug-likeness (QED) is 0.758. The highest BCUT2D eigenvalue weighted by Crippen LogP contribution is 2.20. The zero-order chi connectivity index (χ0) is 18.8. The fraction of sp³-hybridized carbons (Fsp3) is 0.333. The summed E-state index contributed by atoms with van der Waals surface area (Å²) in [6.45, 7) is 5.76. The summed E-state index contributed by atoms with van der Waals surface area (Å²) in [5, 5.41) is 11.0. The first-order chi connectivity index (χ1) is 12.3. The highest BCUT2D eigenvalue weighted by molar-refractivity contribution is 5.92. The molecule has 3 aromatic rings. The molecule has 1 amide bonds. The van der Waals surface area contributed by atoms with E-state index >= 15 is 0 Å². The molecule has 7 nitrogen and oxygen atoms in total. The van der Waals surface area contributed by atoms with Gasteiger partial charge in [-0.2, -0.15) is 10.1 Å². The van der Waals surface area contributed by atoms with Gasteiger partial charge in [0.2, 0.25) is 11.7 Å². The Kier molecular flexibility index (Phi) is 4.83. The Hall–Kier alpha value is -3.03. The number of rotatable bonds is 5. The van der Waals surface area contributed by atoms with Crippen molar-refractivity contribution < 1.29 is 13.7 Å². The summed E-state index contributed by atoms with van der Waals surface area (Å²) in [6.07, 6.45) is 0. The van der Waals surface area contributed by atoms with Crippen LogP contribution in [-0.2, 0) is 7.05 Å². The van der Waals surface area contributed by atoms with Gasteiger partial charge in [0.25, 0.3) is 5.91 Å². The molecule has 0 spiro atoms.